The van der Waals surface area contributed by atoms with Gasteiger partial charge in [0.25, 0.3) is 0 Å². The number of benzene rings is 2. The molecular formula is C28H36N2O5. The number of carbonyl (C=O) groups excluding carboxylic acids is 2. The van der Waals surface area contributed by atoms with Gasteiger partial charge in [0.2, 0.25) is 5.91 Å². The van der Waals surface area contributed by atoms with Crippen LogP contribution >= 0.6 is 0 Å². The van der Waals surface area contributed by atoms with E-state index in [1.54, 1.807) is 20.8 Å². The molecule has 0 spiro atoms. The van der Waals surface area contributed by atoms with Crippen molar-refractivity contribution in [2.24, 2.45) is 11.3 Å². The molecule has 0 saturated heterocycles. The van der Waals surface area contributed by atoms with Gasteiger partial charge in [0.1, 0.15) is 6.61 Å². The first-order valence-corrected chi connectivity index (χ1v) is 12.2. The number of nitrogens with one attached hydrogen (secondary N) is 2. The fourth-order valence-electron chi connectivity index (χ4n) is 4.91. The van der Waals surface area contributed by atoms with E-state index in [0.29, 0.717) is 6.42 Å². The molecule has 3 rings (SSSR count). The molecule has 7 heteroatoms. The molecule has 3 N–H and O–H groups in total. The maximum Gasteiger partial charge on any atom is 0.407 e. The molecule has 2 aromatic carbocycles. The summed E-state index contributed by atoms with van der Waals surface area (Å²) in [5, 5.41) is 14.7. The van der Waals surface area contributed by atoms with Crippen LogP contribution < -0.4 is 10.6 Å². The van der Waals surface area contributed by atoms with Crippen LogP contribution in [0.5, 0.6) is 0 Å². The van der Waals surface area contributed by atoms with Crippen LogP contribution in [0.1, 0.15) is 64.5 Å². The minimum atomic E-state index is -0.933. The molecule has 0 radical (unpaired) electrons. The highest BCUT2D eigenvalue weighted by Crippen LogP contribution is 2.44. The molecule has 0 aromatic heterocycles. The molecule has 1 aliphatic carbocycles. The first-order valence-electron chi connectivity index (χ1n) is 12.2. The lowest BCUT2D eigenvalue weighted by molar-refractivity contribution is -0.138. The Morgan fingerprint density at radius 2 is 1.49 bits per heavy atom. The van der Waals surface area contributed by atoms with Crippen molar-refractivity contribution in [3.8, 4) is 11.1 Å². The normalized spacial score (nSPS) is 14.6. The van der Waals surface area contributed by atoms with Crippen LogP contribution in [0.15, 0.2) is 48.5 Å². The smallest absolute Gasteiger partial charge is 0.407 e. The van der Waals surface area contributed by atoms with E-state index < -0.39 is 23.5 Å². The highest BCUT2D eigenvalue weighted by atomic mass is 16.5. The number of hydrogen-bond acceptors (Lipinski definition) is 4. The number of fused-ring (bicyclic) bond motifs is 3. The van der Waals surface area contributed by atoms with Crippen molar-refractivity contribution in [3.05, 3.63) is 59.7 Å². The van der Waals surface area contributed by atoms with Gasteiger partial charge in [-0.1, -0.05) is 62.4 Å². The second-order valence-electron chi connectivity index (χ2n) is 10.2. The number of amides is 2. The standard InChI is InChI=1S/C28H36N2O5/c1-17(2)25(28(4,5)26(33)29-18(3)14-15-24(31)32)30-27(34)35-16-23-21-12-8-6-10-19(21)20-11-7-9-13-22(20)23/h6-13,17-18,23,25H,14-16H2,1-5H3,(H,29,33)(H,30,34)(H,31,32). The van der Waals surface area contributed by atoms with E-state index in [4.69, 9.17) is 9.84 Å². The third-order valence-electron chi connectivity index (χ3n) is 6.82. The SMILES string of the molecule is CC(CCC(=O)O)NC(=O)C(C)(C)C(NC(=O)OCC1c2ccccc2-c2ccccc21)C(C)C. The van der Waals surface area contributed by atoms with Crippen molar-refractivity contribution in [1.82, 2.24) is 10.6 Å². The van der Waals surface area contributed by atoms with Gasteiger partial charge in [-0.3, -0.25) is 9.59 Å². The number of aliphatic carboxylic acids is 1. The van der Waals surface area contributed by atoms with Crippen molar-refractivity contribution >= 4 is 18.0 Å². The van der Waals surface area contributed by atoms with E-state index >= 15 is 0 Å². The summed E-state index contributed by atoms with van der Waals surface area (Å²) in [5.41, 5.74) is 3.66. The summed E-state index contributed by atoms with van der Waals surface area (Å²) >= 11 is 0. The largest absolute Gasteiger partial charge is 0.481 e. The number of carbonyl (C=O) groups is 3. The zero-order chi connectivity index (χ0) is 25.8. The maximum atomic E-state index is 13.0. The predicted molar refractivity (Wildman–Crippen MR) is 135 cm³/mol. The van der Waals surface area contributed by atoms with Gasteiger partial charge in [-0.15, -0.1) is 0 Å². The van der Waals surface area contributed by atoms with Crippen LogP contribution in [-0.2, 0) is 14.3 Å². The highest BCUT2D eigenvalue weighted by Gasteiger charge is 2.40. The molecule has 2 aromatic rings. The van der Waals surface area contributed by atoms with Gasteiger partial charge in [0.05, 0.1) is 5.41 Å². The number of rotatable bonds is 10. The Hall–Kier alpha value is -3.35. The molecule has 0 fully saturated rings. The van der Waals surface area contributed by atoms with Crippen molar-refractivity contribution in [1.29, 1.82) is 0 Å². The van der Waals surface area contributed by atoms with Gasteiger partial charge in [-0.2, -0.15) is 0 Å². The van der Waals surface area contributed by atoms with Crippen molar-refractivity contribution in [2.75, 3.05) is 6.61 Å². The molecule has 35 heavy (non-hydrogen) atoms. The van der Waals surface area contributed by atoms with Crippen LogP contribution in [0.2, 0.25) is 0 Å². The number of ether oxygens (including phenoxy) is 1. The topological polar surface area (TPSA) is 105 Å². The number of alkyl carbamates (subject to hydrolysis) is 1. The Bertz CT molecular complexity index is 1030. The van der Waals surface area contributed by atoms with Crippen molar-refractivity contribution < 1.29 is 24.2 Å². The average Bonchev–Trinajstić information content (AvgIpc) is 3.13. The number of carboxylic acid groups (broad SMARTS) is 1. The summed E-state index contributed by atoms with van der Waals surface area (Å²) in [6.45, 7) is 9.42. The quantitative estimate of drug-likeness (QED) is 0.447. The first-order chi connectivity index (χ1) is 16.5. The molecular weight excluding hydrogens is 444 g/mol. The van der Waals surface area contributed by atoms with Gasteiger partial charge in [-0.25, -0.2) is 4.79 Å². The summed E-state index contributed by atoms with van der Waals surface area (Å²) in [5.74, 6) is -1.22. The van der Waals surface area contributed by atoms with Gasteiger partial charge in [0, 0.05) is 24.4 Å². The van der Waals surface area contributed by atoms with Gasteiger partial charge in [-0.05, 0) is 55.4 Å². The Kier molecular flexibility index (Phi) is 8.20. The minimum Gasteiger partial charge on any atom is -0.481 e. The van der Waals surface area contributed by atoms with Crippen LogP contribution in [0, 0.1) is 11.3 Å². The van der Waals surface area contributed by atoms with Gasteiger partial charge >= 0.3 is 12.1 Å². The van der Waals surface area contributed by atoms with E-state index in [1.807, 2.05) is 38.1 Å². The third-order valence-corrected chi connectivity index (χ3v) is 6.82. The predicted octanol–water partition coefficient (Wildman–Crippen LogP) is 4.95. The average molecular weight is 481 g/mol. The van der Waals surface area contributed by atoms with Crippen molar-refractivity contribution in [2.45, 2.75) is 65.5 Å². The van der Waals surface area contributed by atoms with Crippen LogP contribution in [0.3, 0.4) is 0 Å². The Morgan fingerprint density at radius 3 is 2.00 bits per heavy atom. The zero-order valence-corrected chi connectivity index (χ0v) is 21.1. The molecule has 0 bridgehead atoms. The van der Waals surface area contributed by atoms with Crippen LogP contribution in [0.25, 0.3) is 11.1 Å². The molecule has 0 saturated carbocycles. The highest BCUT2D eigenvalue weighted by molar-refractivity contribution is 5.84. The molecule has 2 atom stereocenters. The second-order valence-corrected chi connectivity index (χ2v) is 10.2. The molecule has 2 amide bonds. The molecule has 0 aliphatic heterocycles. The lowest BCUT2D eigenvalue weighted by Crippen LogP contribution is -2.56. The molecule has 2 unspecified atom stereocenters. The molecule has 188 valence electrons. The molecule has 7 nitrogen and oxygen atoms in total. The second kappa shape index (κ2) is 10.9. The zero-order valence-electron chi connectivity index (χ0n) is 21.1. The first kappa shape index (κ1) is 26.3. The van der Waals surface area contributed by atoms with E-state index in [2.05, 4.69) is 34.9 Å². The van der Waals surface area contributed by atoms with Crippen LogP contribution in [-0.4, -0.2) is 41.8 Å². The van der Waals surface area contributed by atoms with E-state index in [1.165, 1.54) is 0 Å². The number of hydrogen-bond donors (Lipinski definition) is 3. The van der Waals surface area contributed by atoms with Crippen LogP contribution in [0.4, 0.5) is 4.79 Å². The van der Waals surface area contributed by atoms with E-state index in [0.717, 1.165) is 22.3 Å². The number of carboxylic acids is 1. The molecule has 1 aliphatic rings. The van der Waals surface area contributed by atoms with E-state index in [9.17, 15) is 14.4 Å². The Morgan fingerprint density at radius 1 is 0.943 bits per heavy atom. The fourth-order valence-corrected chi connectivity index (χ4v) is 4.91. The van der Waals surface area contributed by atoms with Gasteiger partial charge < -0.3 is 20.5 Å². The third kappa shape index (κ3) is 6.02. The minimum absolute atomic E-state index is 0.0204. The Balaban J connectivity index is 1.65. The summed E-state index contributed by atoms with van der Waals surface area (Å²) in [6, 6.07) is 15.5. The fraction of sp³-hybridized carbons (Fsp3) is 0.464. The Labute approximate surface area is 207 Å². The van der Waals surface area contributed by atoms with Gasteiger partial charge in [0.15, 0.2) is 0 Å². The summed E-state index contributed by atoms with van der Waals surface area (Å²) in [4.78, 5) is 36.7. The monoisotopic (exact) mass is 480 g/mol. The summed E-state index contributed by atoms with van der Waals surface area (Å²) in [7, 11) is 0. The summed E-state index contributed by atoms with van der Waals surface area (Å²) in [6.07, 6.45) is -0.248. The van der Waals surface area contributed by atoms with E-state index in [-0.39, 0.29) is 36.8 Å². The maximum absolute atomic E-state index is 13.0. The lowest BCUT2D eigenvalue weighted by atomic mass is 9.77. The molecule has 0 heterocycles. The summed E-state index contributed by atoms with van der Waals surface area (Å²) < 4.78 is 5.69. The lowest BCUT2D eigenvalue weighted by Gasteiger charge is -2.37. The van der Waals surface area contributed by atoms with Crippen molar-refractivity contribution in [3.63, 3.8) is 0 Å².